The predicted molar refractivity (Wildman–Crippen MR) is 110 cm³/mol. The van der Waals surface area contributed by atoms with Gasteiger partial charge in [-0.3, -0.25) is 9.59 Å². The van der Waals surface area contributed by atoms with Gasteiger partial charge in [0.15, 0.2) is 0 Å². The highest BCUT2D eigenvalue weighted by Gasteiger charge is 2.31. The van der Waals surface area contributed by atoms with Crippen molar-refractivity contribution >= 4 is 17.5 Å². The highest BCUT2D eigenvalue weighted by Crippen LogP contribution is 2.29. The van der Waals surface area contributed by atoms with Crippen LogP contribution < -0.4 is 10.2 Å². The van der Waals surface area contributed by atoms with Gasteiger partial charge in [0.25, 0.3) is 11.8 Å². The second-order valence-electron chi connectivity index (χ2n) is 7.02. The van der Waals surface area contributed by atoms with Crippen LogP contribution in [0.1, 0.15) is 33.9 Å². The van der Waals surface area contributed by atoms with Gasteiger partial charge >= 0.3 is 0 Å². The third kappa shape index (κ3) is 3.90. The largest absolute Gasteiger partial charge is 0.336 e. The van der Waals surface area contributed by atoms with Gasteiger partial charge in [-0.1, -0.05) is 60.7 Å². The highest BCUT2D eigenvalue weighted by atomic mass is 19.1. The first-order valence-electron chi connectivity index (χ1n) is 9.65. The molecular weight excluding hydrogens is 367 g/mol. The van der Waals surface area contributed by atoms with Gasteiger partial charge in [0, 0.05) is 12.2 Å². The minimum Gasteiger partial charge on any atom is -0.336 e. The van der Waals surface area contributed by atoms with E-state index in [1.807, 2.05) is 42.5 Å². The predicted octanol–water partition coefficient (Wildman–Crippen LogP) is 4.28. The average Bonchev–Trinajstić information content (AvgIpc) is 2.77. The Kier molecular flexibility index (Phi) is 5.38. The molecule has 0 bridgehead atoms. The zero-order valence-corrected chi connectivity index (χ0v) is 15.8. The molecule has 1 aliphatic heterocycles. The molecule has 2 amide bonds. The quantitative estimate of drug-likeness (QED) is 0.725. The molecule has 0 saturated heterocycles. The molecule has 5 heteroatoms. The lowest BCUT2D eigenvalue weighted by atomic mass is 9.99. The average molecular weight is 388 g/mol. The number of nitrogens with zero attached hydrogens (tertiary/aromatic N) is 1. The van der Waals surface area contributed by atoms with Crippen LogP contribution in [0.25, 0.3) is 0 Å². The number of carbonyl (C=O) groups is 2. The molecule has 1 aliphatic rings. The number of benzene rings is 3. The fourth-order valence-corrected chi connectivity index (χ4v) is 3.71. The molecule has 0 radical (unpaired) electrons. The lowest BCUT2D eigenvalue weighted by Crippen LogP contribution is -2.45. The maximum Gasteiger partial charge on any atom is 0.255 e. The molecule has 4 rings (SSSR count). The Balaban J connectivity index is 1.68. The Hall–Kier alpha value is -3.47. The number of nitrogens with one attached hydrogen (secondary N) is 1. The first kappa shape index (κ1) is 18.9. The molecule has 0 aromatic heterocycles. The molecule has 3 aromatic carbocycles. The van der Waals surface area contributed by atoms with Gasteiger partial charge in [-0.15, -0.1) is 0 Å². The Morgan fingerprint density at radius 2 is 1.59 bits per heavy atom. The molecule has 0 aliphatic carbocycles. The van der Waals surface area contributed by atoms with Gasteiger partial charge in [0.1, 0.15) is 11.9 Å². The fourth-order valence-electron chi connectivity index (χ4n) is 3.71. The number of carbonyl (C=O) groups excluding carboxylic acids is 2. The minimum absolute atomic E-state index is 0.0831. The van der Waals surface area contributed by atoms with Gasteiger partial charge < -0.3 is 10.2 Å². The number of amides is 2. The summed E-state index contributed by atoms with van der Waals surface area (Å²) in [6, 6.07) is 21.7. The zero-order valence-electron chi connectivity index (χ0n) is 15.8. The van der Waals surface area contributed by atoms with E-state index in [2.05, 4.69) is 5.32 Å². The Labute approximate surface area is 169 Å². The Morgan fingerprint density at radius 1 is 0.897 bits per heavy atom. The SMILES string of the molecule is O=C(N[C@H](C(=O)N1CCCc2ccccc21)c1ccccc1)c1ccccc1F. The molecule has 0 saturated carbocycles. The summed E-state index contributed by atoms with van der Waals surface area (Å²) in [7, 11) is 0. The molecule has 0 unspecified atom stereocenters. The van der Waals surface area contributed by atoms with Crippen LogP contribution in [0, 0.1) is 5.82 Å². The number of anilines is 1. The van der Waals surface area contributed by atoms with E-state index < -0.39 is 17.8 Å². The summed E-state index contributed by atoms with van der Waals surface area (Å²) >= 11 is 0. The maximum atomic E-state index is 14.1. The van der Waals surface area contributed by atoms with E-state index in [4.69, 9.17) is 0 Å². The van der Waals surface area contributed by atoms with E-state index >= 15 is 0 Å². The zero-order chi connectivity index (χ0) is 20.2. The van der Waals surface area contributed by atoms with Crippen molar-refractivity contribution in [1.29, 1.82) is 0 Å². The summed E-state index contributed by atoms with van der Waals surface area (Å²) in [4.78, 5) is 28.0. The van der Waals surface area contributed by atoms with Gasteiger partial charge in [-0.2, -0.15) is 0 Å². The summed E-state index contributed by atoms with van der Waals surface area (Å²) in [6.07, 6.45) is 1.77. The van der Waals surface area contributed by atoms with Crippen LogP contribution in [0.2, 0.25) is 0 Å². The molecular formula is C24H21FN2O2. The van der Waals surface area contributed by atoms with E-state index in [9.17, 15) is 14.0 Å². The monoisotopic (exact) mass is 388 g/mol. The second kappa shape index (κ2) is 8.27. The Morgan fingerprint density at radius 3 is 2.38 bits per heavy atom. The smallest absolute Gasteiger partial charge is 0.255 e. The van der Waals surface area contributed by atoms with Crippen LogP contribution in [-0.4, -0.2) is 18.4 Å². The lowest BCUT2D eigenvalue weighted by molar-refractivity contribution is -0.120. The number of hydrogen-bond acceptors (Lipinski definition) is 2. The van der Waals surface area contributed by atoms with E-state index in [1.54, 1.807) is 23.1 Å². The number of halogens is 1. The standard InChI is InChI=1S/C24H21FN2O2/c25-20-14-6-5-13-19(20)23(28)26-22(18-10-2-1-3-11-18)24(29)27-16-8-12-17-9-4-7-15-21(17)27/h1-7,9-11,13-15,22H,8,12,16H2,(H,26,28)/t22-/m0/s1. The number of rotatable bonds is 4. The number of fused-ring (bicyclic) bond motifs is 1. The summed E-state index contributed by atoms with van der Waals surface area (Å²) in [5.74, 6) is -1.46. The van der Waals surface area contributed by atoms with Gasteiger partial charge in [0.2, 0.25) is 0 Å². The van der Waals surface area contributed by atoms with Crippen molar-refractivity contribution in [3.05, 3.63) is 101 Å². The van der Waals surface area contributed by atoms with Crippen molar-refractivity contribution in [2.75, 3.05) is 11.4 Å². The normalized spacial score (nSPS) is 14.0. The van der Waals surface area contributed by atoms with Crippen molar-refractivity contribution in [2.45, 2.75) is 18.9 Å². The first-order chi connectivity index (χ1) is 14.1. The first-order valence-corrected chi connectivity index (χ1v) is 9.65. The topological polar surface area (TPSA) is 49.4 Å². The third-order valence-corrected chi connectivity index (χ3v) is 5.15. The number of para-hydroxylation sites is 1. The minimum atomic E-state index is -0.908. The van der Waals surface area contributed by atoms with Crippen LogP contribution in [0.4, 0.5) is 10.1 Å². The molecule has 4 nitrogen and oxygen atoms in total. The van der Waals surface area contributed by atoms with E-state index in [-0.39, 0.29) is 11.5 Å². The van der Waals surface area contributed by atoms with E-state index in [0.717, 1.165) is 24.1 Å². The molecule has 1 heterocycles. The molecule has 0 fully saturated rings. The second-order valence-corrected chi connectivity index (χ2v) is 7.02. The summed E-state index contributed by atoms with van der Waals surface area (Å²) in [5.41, 5.74) is 2.55. The van der Waals surface area contributed by atoms with Gasteiger partial charge in [-0.25, -0.2) is 4.39 Å². The molecule has 29 heavy (non-hydrogen) atoms. The summed E-state index contributed by atoms with van der Waals surface area (Å²) < 4.78 is 14.1. The van der Waals surface area contributed by atoms with Crippen molar-refractivity contribution in [3.8, 4) is 0 Å². The lowest BCUT2D eigenvalue weighted by Gasteiger charge is -2.32. The number of hydrogen-bond donors (Lipinski definition) is 1. The summed E-state index contributed by atoms with van der Waals surface area (Å²) in [6.45, 7) is 0.578. The third-order valence-electron chi connectivity index (χ3n) is 5.15. The number of aryl methyl sites for hydroxylation is 1. The van der Waals surface area contributed by atoms with Crippen molar-refractivity contribution < 1.29 is 14.0 Å². The van der Waals surface area contributed by atoms with Crippen LogP contribution in [0.5, 0.6) is 0 Å². The fraction of sp³-hybridized carbons (Fsp3) is 0.167. The van der Waals surface area contributed by atoms with Gasteiger partial charge in [-0.05, 0) is 42.2 Å². The molecule has 1 atom stereocenters. The van der Waals surface area contributed by atoms with Crippen molar-refractivity contribution in [1.82, 2.24) is 5.32 Å². The van der Waals surface area contributed by atoms with Crippen molar-refractivity contribution in [2.24, 2.45) is 0 Å². The molecule has 0 spiro atoms. The van der Waals surface area contributed by atoms with Crippen LogP contribution >= 0.6 is 0 Å². The van der Waals surface area contributed by atoms with Gasteiger partial charge in [0.05, 0.1) is 5.56 Å². The molecule has 146 valence electrons. The van der Waals surface area contributed by atoms with E-state index in [1.165, 1.54) is 18.2 Å². The highest BCUT2D eigenvalue weighted by molar-refractivity contribution is 6.03. The van der Waals surface area contributed by atoms with E-state index in [0.29, 0.717) is 12.1 Å². The van der Waals surface area contributed by atoms with Crippen LogP contribution in [-0.2, 0) is 11.2 Å². The Bertz CT molecular complexity index is 1040. The molecule has 3 aromatic rings. The van der Waals surface area contributed by atoms with Crippen LogP contribution in [0.15, 0.2) is 78.9 Å². The van der Waals surface area contributed by atoms with Crippen molar-refractivity contribution in [3.63, 3.8) is 0 Å². The van der Waals surface area contributed by atoms with Crippen LogP contribution in [0.3, 0.4) is 0 Å². The maximum absolute atomic E-state index is 14.1. The summed E-state index contributed by atoms with van der Waals surface area (Å²) in [5, 5.41) is 2.75. The molecule has 1 N–H and O–H groups in total.